The molecule has 19 heavy (non-hydrogen) atoms. The van der Waals surface area contributed by atoms with Crippen LogP contribution in [0, 0.1) is 11.3 Å². The molecule has 1 saturated heterocycles. The second kappa shape index (κ2) is 6.87. The van der Waals surface area contributed by atoms with Crippen LogP contribution in [0.25, 0.3) is 0 Å². The largest absolute Gasteiger partial charge is 0.380 e. The second-order valence-corrected chi connectivity index (χ2v) is 6.81. The van der Waals surface area contributed by atoms with Gasteiger partial charge in [-0.3, -0.25) is 4.90 Å². The Labute approximate surface area is 118 Å². The summed E-state index contributed by atoms with van der Waals surface area (Å²) < 4.78 is 5.22. The minimum absolute atomic E-state index is 0.417. The first-order chi connectivity index (χ1) is 9.12. The van der Waals surface area contributed by atoms with Gasteiger partial charge < -0.3 is 10.1 Å². The monoisotopic (exact) mass is 266 g/mol. The lowest BCUT2D eigenvalue weighted by Gasteiger charge is -2.41. The molecule has 3 heteroatoms. The number of hydrogen-bond donors (Lipinski definition) is 1. The summed E-state index contributed by atoms with van der Waals surface area (Å²) in [6.07, 6.45) is 6.26. The molecule has 1 fully saturated rings. The summed E-state index contributed by atoms with van der Waals surface area (Å²) in [5.41, 5.74) is 1.89. The van der Waals surface area contributed by atoms with Crippen molar-refractivity contribution < 1.29 is 4.74 Å². The molecule has 1 N–H and O–H groups in total. The Morgan fingerprint density at radius 3 is 2.89 bits per heavy atom. The van der Waals surface area contributed by atoms with E-state index in [2.05, 4.69) is 30.1 Å². The van der Waals surface area contributed by atoms with Crippen molar-refractivity contribution in [1.82, 2.24) is 10.2 Å². The van der Waals surface area contributed by atoms with Crippen LogP contribution < -0.4 is 5.32 Å². The van der Waals surface area contributed by atoms with Crippen LogP contribution in [0.4, 0.5) is 0 Å². The number of rotatable bonds is 5. The van der Waals surface area contributed by atoms with Crippen molar-refractivity contribution in [2.45, 2.75) is 33.1 Å². The molecule has 2 aliphatic rings. The summed E-state index contributed by atoms with van der Waals surface area (Å²) in [7, 11) is 1.78. The lowest BCUT2D eigenvalue weighted by Crippen LogP contribution is -2.45. The maximum absolute atomic E-state index is 5.22. The zero-order valence-electron chi connectivity index (χ0n) is 12.9. The summed E-state index contributed by atoms with van der Waals surface area (Å²) in [5, 5.41) is 3.56. The van der Waals surface area contributed by atoms with E-state index in [9.17, 15) is 0 Å². The molecule has 0 aromatic heterocycles. The van der Waals surface area contributed by atoms with Crippen LogP contribution in [0.2, 0.25) is 0 Å². The van der Waals surface area contributed by atoms with Gasteiger partial charge in [-0.2, -0.15) is 0 Å². The number of ether oxygens (including phenoxy) is 1. The lowest BCUT2D eigenvalue weighted by atomic mass is 9.74. The number of methoxy groups -OCH3 is 1. The average molecular weight is 266 g/mol. The van der Waals surface area contributed by atoms with Crippen molar-refractivity contribution in [2.75, 3.05) is 46.4 Å². The second-order valence-electron chi connectivity index (χ2n) is 6.81. The van der Waals surface area contributed by atoms with Crippen LogP contribution in [0.3, 0.4) is 0 Å². The fourth-order valence-electron chi connectivity index (χ4n) is 3.44. The van der Waals surface area contributed by atoms with Crippen molar-refractivity contribution >= 4 is 0 Å². The minimum Gasteiger partial charge on any atom is -0.380 e. The highest BCUT2D eigenvalue weighted by Crippen LogP contribution is 2.33. The highest BCUT2D eigenvalue weighted by molar-refractivity contribution is 5.08. The third-order valence-corrected chi connectivity index (χ3v) is 4.75. The third kappa shape index (κ3) is 4.30. The molecule has 2 rings (SSSR count). The summed E-state index contributed by atoms with van der Waals surface area (Å²) in [5.74, 6) is 0.825. The molecule has 0 spiro atoms. The Hall–Kier alpha value is -0.380. The van der Waals surface area contributed by atoms with Gasteiger partial charge in [-0.05, 0) is 49.3 Å². The quantitative estimate of drug-likeness (QED) is 0.773. The highest BCUT2D eigenvalue weighted by Gasteiger charge is 2.32. The Bertz CT molecular complexity index is 306. The Balaban J connectivity index is 1.83. The molecular formula is C16H30N2O. The van der Waals surface area contributed by atoms with Crippen LogP contribution in [0.5, 0.6) is 0 Å². The van der Waals surface area contributed by atoms with E-state index in [1.807, 2.05) is 0 Å². The van der Waals surface area contributed by atoms with Crippen molar-refractivity contribution in [3.63, 3.8) is 0 Å². The first kappa shape index (κ1) is 15.0. The average Bonchev–Trinajstić information content (AvgIpc) is 2.42. The van der Waals surface area contributed by atoms with Gasteiger partial charge in [-0.1, -0.05) is 19.9 Å². The van der Waals surface area contributed by atoms with E-state index >= 15 is 0 Å². The fourth-order valence-corrected chi connectivity index (χ4v) is 3.44. The Kier molecular flexibility index (Phi) is 5.43. The number of nitrogens with one attached hydrogen (secondary N) is 1. The smallest absolute Gasteiger partial charge is 0.0673 e. The normalized spacial score (nSPS) is 26.3. The third-order valence-electron chi connectivity index (χ3n) is 4.75. The van der Waals surface area contributed by atoms with E-state index in [0.717, 1.165) is 19.1 Å². The van der Waals surface area contributed by atoms with Gasteiger partial charge in [0.1, 0.15) is 0 Å². The molecule has 0 aromatic carbocycles. The SMILES string of the molecule is COCC1=CCN(CC(C)(C)C2CCCNC2)CC1. The van der Waals surface area contributed by atoms with Gasteiger partial charge in [0, 0.05) is 26.7 Å². The van der Waals surface area contributed by atoms with Crippen molar-refractivity contribution in [3.8, 4) is 0 Å². The van der Waals surface area contributed by atoms with E-state index in [1.54, 1.807) is 7.11 Å². The topological polar surface area (TPSA) is 24.5 Å². The van der Waals surface area contributed by atoms with Gasteiger partial charge in [-0.25, -0.2) is 0 Å². The Morgan fingerprint density at radius 1 is 1.47 bits per heavy atom. The molecule has 1 atom stereocenters. The zero-order chi connectivity index (χ0) is 13.7. The van der Waals surface area contributed by atoms with E-state index in [0.29, 0.717) is 5.41 Å². The van der Waals surface area contributed by atoms with Crippen molar-refractivity contribution in [1.29, 1.82) is 0 Å². The number of nitrogens with zero attached hydrogens (tertiary/aromatic N) is 1. The predicted molar refractivity (Wildman–Crippen MR) is 80.4 cm³/mol. The van der Waals surface area contributed by atoms with Gasteiger partial charge in [-0.15, -0.1) is 0 Å². The molecule has 0 radical (unpaired) electrons. The fraction of sp³-hybridized carbons (Fsp3) is 0.875. The molecule has 1 unspecified atom stereocenters. The van der Waals surface area contributed by atoms with E-state index in [1.165, 1.54) is 51.0 Å². The molecule has 0 saturated carbocycles. The van der Waals surface area contributed by atoms with Crippen LogP contribution in [-0.4, -0.2) is 51.3 Å². The van der Waals surface area contributed by atoms with Crippen molar-refractivity contribution in [2.24, 2.45) is 11.3 Å². The van der Waals surface area contributed by atoms with Crippen LogP contribution >= 0.6 is 0 Å². The van der Waals surface area contributed by atoms with E-state index in [4.69, 9.17) is 4.74 Å². The zero-order valence-corrected chi connectivity index (χ0v) is 12.9. The molecular weight excluding hydrogens is 236 g/mol. The standard InChI is InChI=1S/C16H30N2O/c1-16(2,15-5-4-8-17-11-15)13-18-9-6-14(7-10-18)12-19-3/h6,15,17H,4-5,7-13H2,1-3H3. The maximum atomic E-state index is 5.22. The highest BCUT2D eigenvalue weighted by atomic mass is 16.5. The number of hydrogen-bond acceptors (Lipinski definition) is 3. The first-order valence-corrected chi connectivity index (χ1v) is 7.72. The molecule has 2 aliphatic heterocycles. The van der Waals surface area contributed by atoms with Gasteiger partial charge in [0.05, 0.1) is 6.61 Å². The molecule has 2 heterocycles. The molecule has 0 amide bonds. The first-order valence-electron chi connectivity index (χ1n) is 7.72. The van der Waals surface area contributed by atoms with Gasteiger partial charge >= 0.3 is 0 Å². The predicted octanol–water partition coefficient (Wildman–Crippen LogP) is 2.29. The van der Waals surface area contributed by atoms with Gasteiger partial charge in [0.2, 0.25) is 0 Å². The summed E-state index contributed by atoms with van der Waals surface area (Å²) in [6.45, 7) is 11.6. The van der Waals surface area contributed by atoms with Gasteiger partial charge in [0.25, 0.3) is 0 Å². The molecule has 0 bridgehead atoms. The lowest BCUT2D eigenvalue weighted by molar-refractivity contribution is 0.103. The van der Waals surface area contributed by atoms with Crippen LogP contribution in [-0.2, 0) is 4.74 Å². The Morgan fingerprint density at radius 2 is 2.32 bits per heavy atom. The molecule has 110 valence electrons. The molecule has 0 aromatic rings. The summed E-state index contributed by atoms with van der Waals surface area (Å²) in [4.78, 5) is 2.60. The maximum Gasteiger partial charge on any atom is 0.0673 e. The van der Waals surface area contributed by atoms with E-state index in [-0.39, 0.29) is 0 Å². The minimum atomic E-state index is 0.417. The summed E-state index contributed by atoms with van der Waals surface area (Å²) >= 11 is 0. The molecule has 3 nitrogen and oxygen atoms in total. The summed E-state index contributed by atoms with van der Waals surface area (Å²) in [6, 6.07) is 0. The van der Waals surface area contributed by atoms with E-state index < -0.39 is 0 Å². The van der Waals surface area contributed by atoms with Crippen molar-refractivity contribution in [3.05, 3.63) is 11.6 Å². The van der Waals surface area contributed by atoms with Crippen LogP contribution in [0.1, 0.15) is 33.1 Å². The van der Waals surface area contributed by atoms with Gasteiger partial charge in [0.15, 0.2) is 0 Å². The molecule has 0 aliphatic carbocycles. The number of piperidine rings is 1. The van der Waals surface area contributed by atoms with Crippen LogP contribution in [0.15, 0.2) is 11.6 Å².